The van der Waals surface area contributed by atoms with Gasteiger partial charge in [0.05, 0.1) is 5.39 Å². The Morgan fingerprint density at radius 2 is 2.39 bits per heavy atom. The summed E-state index contributed by atoms with van der Waals surface area (Å²) < 4.78 is 11.2. The number of ether oxygens (including phenoxy) is 1. The SMILES string of the molecule is CN1CCCC(Oc2noc3cc(Cl)ccc23)C1. The lowest BCUT2D eigenvalue weighted by Crippen LogP contribution is -2.38. The van der Waals surface area contributed by atoms with E-state index in [0.717, 1.165) is 31.3 Å². The van der Waals surface area contributed by atoms with E-state index in [-0.39, 0.29) is 6.10 Å². The van der Waals surface area contributed by atoms with E-state index in [1.165, 1.54) is 0 Å². The molecule has 4 nitrogen and oxygen atoms in total. The van der Waals surface area contributed by atoms with Crippen molar-refractivity contribution in [2.75, 3.05) is 20.1 Å². The minimum absolute atomic E-state index is 0.188. The van der Waals surface area contributed by atoms with Gasteiger partial charge in [-0.2, -0.15) is 0 Å². The molecular weight excluding hydrogens is 252 g/mol. The summed E-state index contributed by atoms with van der Waals surface area (Å²) in [6.07, 6.45) is 2.41. The van der Waals surface area contributed by atoms with Gasteiger partial charge in [-0.05, 0) is 43.7 Å². The van der Waals surface area contributed by atoms with Crippen molar-refractivity contribution in [2.45, 2.75) is 18.9 Å². The highest BCUT2D eigenvalue weighted by atomic mass is 35.5. The highest BCUT2D eigenvalue weighted by Gasteiger charge is 2.21. The molecule has 0 amide bonds. The highest BCUT2D eigenvalue weighted by molar-refractivity contribution is 6.31. The van der Waals surface area contributed by atoms with E-state index in [1.54, 1.807) is 6.07 Å². The van der Waals surface area contributed by atoms with Gasteiger partial charge in [-0.25, -0.2) is 0 Å². The third kappa shape index (κ3) is 2.31. The fraction of sp³-hybridized carbons (Fsp3) is 0.462. The van der Waals surface area contributed by atoms with Gasteiger partial charge in [0.25, 0.3) is 5.88 Å². The minimum atomic E-state index is 0.188. The van der Waals surface area contributed by atoms with Crippen LogP contribution in [0.25, 0.3) is 11.0 Å². The molecule has 2 aromatic rings. The van der Waals surface area contributed by atoms with Crippen LogP contribution in [0.15, 0.2) is 22.7 Å². The molecule has 1 unspecified atom stereocenters. The molecule has 1 atom stereocenters. The largest absolute Gasteiger partial charge is 0.470 e. The van der Waals surface area contributed by atoms with Crippen LogP contribution in [0.2, 0.25) is 5.02 Å². The Kier molecular flexibility index (Phi) is 3.14. The number of likely N-dealkylation sites (tertiary alicyclic amines) is 1. The summed E-state index contributed by atoms with van der Waals surface area (Å²) in [5, 5.41) is 5.50. The maximum Gasteiger partial charge on any atom is 0.262 e. The number of piperidine rings is 1. The summed E-state index contributed by atoms with van der Waals surface area (Å²) in [6, 6.07) is 5.46. The normalized spacial score (nSPS) is 21.3. The van der Waals surface area contributed by atoms with Crippen LogP contribution in [0, 0.1) is 0 Å². The van der Waals surface area contributed by atoms with Crippen molar-refractivity contribution in [3.63, 3.8) is 0 Å². The molecule has 1 fully saturated rings. The summed E-state index contributed by atoms with van der Waals surface area (Å²) in [6.45, 7) is 2.07. The van der Waals surface area contributed by atoms with E-state index in [2.05, 4.69) is 17.1 Å². The first-order valence-corrected chi connectivity index (χ1v) is 6.50. The summed E-state index contributed by atoms with van der Waals surface area (Å²) in [4.78, 5) is 2.27. The van der Waals surface area contributed by atoms with Crippen LogP contribution in [0.1, 0.15) is 12.8 Å². The minimum Gasteiger partial charge on any atom is -0.470 e. The van der Waals surface area contributed by atoms with Crippen LogP contribution in [-0.2, 0) is 0 Å². The Balaban J connectivity index is 1.82. The molecule has 0 N–H and O–H groups in total. The molecular formula is C13H15ClN2O2. The van der Waals surface area contributed by atoms with Crippen molar-refractivity contribution >= 4 is 22.6 Å². The number of halogens is 1. The topological polar surface area (TPSA) is 38.5 Å². The molecule has 2 heterocycles. The van der Waals surface area contributed by atoms with Crippen LogP contribution in [-0.4, -0.2) is 36.3 Å². The Morgan fingerprint density at radius 3 is 3.22 bits per heavy atom. The van der Waals surface area contributed by atoms with Gasteiger partial charge < -0.3 is 14.2 Å². The molecule has 18 heavy (non-hydrogen) atoms. The first-order chi connectivity index (χ1) is 8.72. The van der Waals surface area contributed by atoms with Gasteiger partial charge in [-0.15, -0.1) is 0 Å². The van der Waals surface area contributed by atoms with Gasteiger partial charge in [0.15, 0.2) is 5.58 Å². The molecule has 5 heteroatoms. The second-order valence-corrected chi connectivity index (χ2v) is 5.21. The summed E-state index contributed by atoms with van der Waals surface area (Å²) >= 11 is 5.90. The number of rotatable bonds is 2. The Morgan fingerprint density at radius 1 is 1.50 bits per heavy atom. The second kappa shape index (κ2) is 4.78. The number of likely N-dealkylation sites (N-methyl/N-ethyl adjacent to an activating group) is 1. The lowest BCUT2D eigenvalue weighted by Gasteiger charge is -2.29. The summed E-state index contributed by atoms with van der Waals surface area (Å²) in [7, 11) is 2.11. The third-order valence-corrected chi connectivity index (χ3v) is 3.50. The first-order valence-electron chi connectivity index (χ1n) is 6.12. The van der Waals surface area contributed by atoms with E-state index >= 15 is 0 Å². The standard InChI is InChI=1S/C13H15ClN2O2/c1-16-6-2-3-10(8-16)17-13-11-5-4-9(14)7-12(11)18-15-13/h4-5,7,10H,2-3,6,8H2,1H3. The molecule has 1 aromatic carbocycles. The summed E-state index contributed by atoms with van der Waals surface area (Å²) in [5.41, 5.74) is 0.668. The highest BCUT2D eigenvalue weighted by Crippen LogP contribution is 2.28. The predicted octanol–water partition coefficient (Wildman–Crippen LogP) is 2.95. The second-order valence-electron chi connectivity index (χ2n) is 4.77. The van der Waals surface area contributed by atoms with Crippen molar-refractivity contribution in [1.29, 1.82) is 0 Å². The van der Waals surface area contributed by atoms with Crippen LogP contribution in [0.4, 0.5) is 0 Å². The van der Waals surface area contributed by atoms with Gasteiger partial charge in [0, 0.05) is 17.6 Å². The zero-order chi connectivity index (χ0) is 12.5. The van der Waals surface area contributed by atoms with Crippen LogP contribution >= 0.6 is 11.6 Å². The average Bonchev–Trinajstić information content (AvgIpc) is 2.72. The number of benzene rings is 1. The predicted molar refractivity (Wildman–Crippen MR) is 70.2 cm³/mol. The van der Waals surface area contributed by atoms with Gasteiger partial charge in [-0.1, -0.05) is 11.6 Å². The molecule has 0 bridgehead atoms. The Bertz CT molecular complexity index is 555. The zero-order valence-electron chi connectivity index (χ0n) is 10.2. The molecule has 0 aliphatic carbocycles. The number of fused-ring (bicyclic) bond motifs is 1. The fourth-order valence-electron chi connectivity index (χ4n) is 2.35. The molecule has 0 spiro atoms. The van der Waals surface area contributed by atoms with Gasteiger partial charge in [-0.3, -0.25) is 0 Å². The number of aromatic nitrogens is 1. The lowest BCUT2D eigenvalue weighted by molar-refractivity contribution is 0.0976. The van der Waals surface area contributed by atoms with E-state index in [4.69, 9.17) is 20.9 Å². The van der Waals surface area contributed by atoms with Gasteiger partial charge >= 0.3 is 0 Å². The lowest BCUT2D eigenvalue weighted by atomic mass is 10.1. The smallest absolute Gasteiger partial charge is 0.262 e. The molecule has 1 aliphatic rings. The molecule has 3 rings (SSSR count). The van der Waals surface area contributed by atoms with Gasteiger partial charge in [0.2, 0.25) is 0 Å². The number of hydrogen-bond acceptors (Lipinski definition) is 4. The zero-order valence-corrected chi connectivity index (χ0v) is 11.0. The van der Waals surface area contributed by atoms with Crippen molar-refractivity contribution < 1.29 is 9.26 Å². The Labute approximate surface area is 110 Å². The van der Waals surface area contributed by atoms with E-state index < -0.39 is 0 Å². The van der Waals surface area contributed by atoms with Gasteiger partial charge in [0.1, 0.15) is 6.10 Å². The first kappa shape index (κ1) is 11.8. The summed E-state index contributed by atoms with van der Waals surface area (Å²) in [5.74, 6) is 0.571. The average molecular weight is 267 g/mol. The van der Waals surface area contributed by atoms with Crippen molar-refractivity contribution in [1.82, 2.24) is 10.1 Å². The fourth-order valence-corrected chi connectivity index (χ4v) is 2.51. The third-order valence-electron chi connectivity index (χ3n) is 3.26. The van der Waals surface area contributed by atoms with Crippen molar-refractivity contribution in [2.24, 2.45) is 0 Å². The molecule has 1 aromatic heterocycles. The molecule has 96 valence electrons. The van der Waals surface area contributed by atoms with Crippen LogP contribution in [0.5, 0.6) is 5.88 Å². The molecule has 1 saturated heterocycles. The van der Waals surface area contributed by atoms with Crippen molar-refractivity contribution in [3.05, 3.63) is 23.2 Å². The van der Waals surface area contributed by atoms with E-state index in [0.29, 0.717) is 16.5 Å². The molecule has 0 saturated carbocycles. The molecule has 1 aliphatic heterocycles. The van der Waals surface area contributed by atoms with E-state index in [9.17, 15) is 0 Å². The number of nitrogens with zero attached hydrogens (tertiary/aromatic N) is 2. The monoisotopic (exact) mass is 266 g/mol. The van der Waals surface area contributed by atoms with Crippen LogP contribution in [0.3, 0.4) is 0 Å². The maximum absolute atomic E-state index is 5.93. The van der Waals surface area contributed by atoms with Crippen molar-refractivity contribution in [3.8, 4) is 5.88 Å². The Hall–Kier alpha value is -1.26. The maximum atomic E-state index is 5.93. The van der Waals surface area contributed by atoms with E-state index in [1.807, 2.05) is 12.1 Å². The quantitative estimate of drug-likeness (QED) is 0.838. The number of hydrogen-bond donors (Lipinski definition) is 0. The van der Waals surface area contributed by atoms with Crippen LogP contribution < -0.4 is 4.74 Å². The molecule has 0 radical (unpaired) electrons.